The van der Waals surface area contributed by atoms with Crippen LogP contribution in [0.2, 0.25) is 0 Å². The molecule has 0 spiro atoms. The van der Waals surface area contributed by atoms with Crippen molar-refractivity contribution in [3.05, 3.63) is 135 Å². The molecule has 5 aromatic carbocycles. The van der Waals surface area contributed by atoms with E-state index in [2.05, 4.69) is 199 Å². The molecule has 1 saturated carbocycles. The van der Waals surface area contributed by atoms with Crippen molar-refractivity contribution in [1.82, 2.24) is 0 Å². The topological polar surface area (TPSA) is 19.6 Å². The molecule has 0 amide bonds. The summed E-state index contributed by atoms with van der Waals surface area (Å²) in [5, 5.41) is 0. The lowest BCUT2D eigenvalue weighted by Crippen LogP contribution is -2.63. The van der Waals surface area contributed by atoms with E-state index in [1.54, 1.807) is 11.1 Å². The van der Waals surface area contributed by atoms with E-state index >= 15 is 0 Å². The van der Waals surface area contributed by atoms with Gasteiger partial charge in [-0.25, -0.2) is 0 Å². The second-order valence-electron chi connectivity index (χ2n) is 28.5. The van der Waals surface area contributed by atoms with E-state index in [1.165, 1.54) is 134 Å². The van der Waals surface area contributed by atoms with Crippen LogP contribution in [0.1, 0.15) is 211 Å². The number of aryl methyl sites for hydroxylation is 1. The van der Waals surface area contributed by atoms with Gasteiger partial charge in [0.25, 0.3) is 6.71 Å². The number of benzene rings is 5. The minimum atomic E-state index is -0.117. The summed E-state index contributed by atoms with van der Waals surface area (Å²) in [6, 6.07) is 34.7. The predicted octanol–water partition coefficient (Wildman–Crippen LogP) is 16.6. The van der Waals surface area contributed by atoms with Crippen LogP contribution in [0.4, 0.5) is 34.3 Å². The minimum Gasteiger partial charge on any atom is -0.444 e. The van der Waals surface area contributed by atoms with Crippen LogP contribution < -0.4 is 26.2 Å². The zero-order valence-electron chi connectivity index (χ0n) is 46.0. The SMILES string of the molecule is Cc1cc2c3c(c1)N(c1cc4c(cc1-c1ccccc1)C(C)(C)CCC4(C)C)c1oc4c(c1B3c1cc3c(cc1N2c1ccc2c(c1)C(C)(C)CCC2(C)C)C1(C)CCC(C1)C3C)C(C)(C)CCC4(C)C. The lowest BCUT2D eigenvalue weighted by atomic mass is 9.32. The van der Waals surface area contributed by atoms with Crippen LogP contribution in [0, 0.1) is 12.8 Å². The highest BCUT2D eigenvalue weighted by Crippen LogP contribution is 2.60. The molecular weight excluding hydrogens is 860 g/mol. The van der Waals surface area contributed by atoms with Crippen molar-refractivity contribution in [2.24, 2.45) is 5.92 Å². The molecule has 7 aliphatic rings. The van der Waals surface area contributed by atoms with Gasteiger partial charge in [0, 0.05) is 33.7 Å². The second kappa shape index (κ2) is 14.4. The highest BCUT2D eigenvalue weighted by atomic mass is 16.4. The summed E-state index contributed by atoms with van der Waals surface area (Å²) in [6.07, 6.45) is 10.8. The molecule has 0 saturated heterocycles. The van der Waals surface area contributed by atoms with Gasteiger partial charge in [-0.05, 0) is 218 Å². The summed E-state index contributed by atoms with van der Waals surface area (Å²) in [7, 11) is 0. The van der Waals surface area contributed by atoms with Crippen molar-refractivity contribution >= 4 is 57.4 Å². The maximum absolute atomic E-state index is 7.90. The zero-order valence-corrected chi connectivity index (χ0v) is 46.0. The second-order valence-corrected chi connectivity index (χ2v) is 28.5. The first-order valence-corrected chi connectivity index (χ1v) is 27.8. The summed E-state index contributed by atoms with van der Waals surface area (Å²) in [6.45, 7) is 37.3. The molecule has 3 unspecified atom stereocenters. The average molecular weight is 939 g/mol. The highest BCUT2D eigenvalue weighted by molar-refractivity contribution is 7.00. The van der Waals surface area contributed by atoms with Gasteiger partial charge in [0.1, 0.15) is 5.76 Å². The van der Waals surface area contributed by atoms with Gasteiger partial charge in [-0.15, -0.1) is 0 Å². The molecule has 3 atom stereocenters. The smallest absolute Gasteiger partial charge is 0.256 e. The first-order valence-electron chi connectivity index (χ1n) is 27.8. The third-order valence-electron chi connectivity index (χ3n) is 20.9. The summed E-state index contributed by atoms with van der Waals surface area (Å²) >= 11 is 0. The van der Waals surface area contributed by atoms with E-state index in [0.717, 1.165) is 31.1 Å². The molecule has 3 heterocycles. The van der Waals surface area contributed by atoms with Crippen molar-refractivity contribution in [3.8, 4) is 11.1 Å². The predicted molar refractivity (Wildman–Crippen MR) is 302 cm³/mol. The molecule has 366 valence electrons. The Hall–Kier alpha value is -4.96. The lowest BCUT2D eigenvalue weighted by Gasteiger charge is -2.47. The van der Waals surface area contributed by atoms with Crippen molar-refractivity contribution in [1.29, 1.82) is 0 Å². The van der Waals surface area contributed by atoms with E-state index in [9.17, 15) is 0 Å². The van der Waals surface area contributed by atoms with E-state index in [-0.39, 0.29) is 44.6 Å². The molecule has 1 fully saturated rings. The molecular formula is C67H79BN2O. The van der Waals surface area contributed by atoms with E-state index in [1.807, 2.05) is 0 Å². The zero-order chi connectivity index (χ0) is 49.9. The van der Waals surface area contributed by atoms with Crippen LogP contribution in [0.5, 0.6) is 0 Å². The van der Waals surface area contributed by atoms with Crippen LogP contribution in [0.3, 0.4) is 0 Å². The molecule has 3 nitrogen and oxygen atoms in total. The van der Waals surface area contributed by atoms with Gasteiger partial charge in [0.2, 0.25) is 0 Å². The van der Waals surface area contributed by atoms with Gasteiger partial charge in [0.05, 0.1) is 5.69 Å². The fraction of sp³-hybridized carbons (Fsp3) is 0.493. The van der Waals surface area contributed by atoms with Gasteiger partial charge < -0.3 is 9.32 Å². The van der Waals surface area contributed by atoms with Crippen LogP contribution >= 0.6 is 0 Å². The van der Waals surface area contributed by atoms with Crippen LogP contribution in [-0.4, -0.2) is 6.71 Å². The molecule has 2 aliphatic heterocycles. The maximum Gasteiger partial charge on any atom is 0.256 e. The molecule has 71 heavy (non-hydrogen) atoms. The Labute approximate surface area is 427 Å². The van der Waals surface area contributed by atoms with Gasteiger partial charge in [-0.2, -0.15) is 0 Å². The number of hydrogen-bond acceptors (Lipinski definition) is 3. The lowest BCUT2D eigenvalue weighted by molar-refractivity contribution is 0.280. The summed E-state index contributed by atoms with van der Waals surface area (Å²) in [5.41, 5.74) is 25.4. The first-order chi connectivity index (χ1) is 33.3. The van der Waals surface area contributed by atoms with Crippen molar-refractivity contribution < 1.29 is 4.42 Å². The molecule has 4 heteroatoms. The van der Waals surface area contributed by atoms with Crippen LogP contribution in [0.15, 0.2) is 89.3 Å². The highest BCUT2D eigenvalue weighted by Gasteiger charge is 2.55. The van der Waals surface area contributed by atoms with Crippen LogP contribution in [-0.2, 0) is 37.9 Å². The minimum absolute atomic E-state index is 0.00448. The Morgan fingerprint density at radius 1 is 0.521 bits per heavy atom. The fourth-order valence-electron chi connectivity index (χ4n) is 16.0. The molecule has 0 N–H and O–H groups in total. The Balaban J connectivity index is 1.18. The monoisotopic (exact) mass is 939 g/mol. The van der Waals surface area contributed by atoms with E-state index in [0.29, 0.717) is 5.92 Å². The third-order valence-corrected chi connectivity index (χ3v) is 20.9. The normalized spacial score (nSPS) is 25.8. The largest absolute Gasteiger partial charge is 0.444 e. The molecule has 2 bridgehead atoms. The Morgan fingerprint density at radius 2 is 1.10 bits per heavy atom. The summed E-state index contributed by atoms with van der Waals surface area (Å²) in [4.78, 5) is 5.42. The van der Waals surface area contributed by atoms with Crippen molar-refractivity contribution in [2.45, 2.75) is 205 Å². The van der Waals surface area contributed by atoms with Gasteiger partial charge in [-0.3, -0.25) is 4.90 Å². The van der Waals surface area contributed by atoms with Gasteiger partial charge in [0.15, 0.2) is 5.88 Å². The third kappa shape index (κ3) is 6.33. The van der Waals surface area contributed by atoms with Gasteiger partial charge >= 0.3 is 0 Å². The number of fused-ring (bicyclic) bond motifs is 12. The van der Waals surface area contributed by atoms with Crippen molar-refractivity contribution in [2.75, 3.05) is 9.80 Å². The number of anilines is 6. The van der Waals surface area contributed by atoms with Gasteiger partial charge in [-0.1, -0.05) is 139 Å². The average Bonchev–Trinajstić information content (AvgIpc) is 3.92. The van der Waals surface area contributed by atoms with E-state index in [4.69, 9.17) is 4.42 Å². The number of nitrogens with zero attached hydrogens (tertiary/aromatic N) is 2. The first kappa shape index (κ1) is 45.9. The molecule has 13 rings (SSSR count). The molecule has 6 aromatic rings. The fourth-order valence-corrected chi connectivity index (χ4v) is 16.0. The molecule has 5 aliphatic carbocycles. The Kier molecular flexibility index (Phi) is 9.31. The van der Waals surface area contributed by atoms with Crippen molar-refractivity contribution in [3.63, 3.8) is 0 Å². The maximum atomic E-state index is 7.90. The van der Waals surface area contributed by atoms with E-state index < -0.39 is 0 Å². The molecule has 1 aromatic heterocycles. The Morgan fingerprint density at radius 3 is 1.77 bits per heavy atom. The summed E-state index contributed by atoms with van der Waals surface area (Å²) in [5.74, 6) is 3.48. The number of hydrogen-bond donors (Lipinski definition) is 0. The van der Waals surface area contributed by atoms with Crippen LogP contribution in [0.25, 0.3) is 11.1 Å². The Bertz CT molecular complexity index is 3270. The number of furan rings is 1. The molecule has 0 radical (unpaired) electrons. The standard InChI is InChI=1S/C67H79BN2O/c1-39-31-54-57-55(32-39)70(52-37-50-49(63(7,8)27-28-64(50,9)10)34-45(52)41-19-17-16-18-20-41)60-58(56-59(71-60)66(13,14)30-29-65(56,11)12)68(57)51-35-44-40(2)42-23-24-67(15,38-42)47(44)36-53(51)69(54)43-21-22-46-48(33-43)62(5,6)26-25-61(46,3)4/h16-22,31-37,40,42H,23-30,38H2,1-15H3. The quantitative estimate of drug-likeness (QED) is 0.165. The number of rotatable bonds is 3. The summed E-state index contributed by atoms with van der Waals surface area (Å²) < 4.78 is 7.90.